The molecule has 2 amide bonds. The highest BCUT2D eigenvalue weighted by molar-refractivity contribution is 7.99. The van der Waals surface area contributed by atoms with Crippen LogP contribution in [0, 0.1) is 13.8 Å². The van der Waals surface area contributed by atoms with Crippen molar-refractivity contribution in [2.75, 3.05) is 12.3 Å². The monoisotopic (exact) mass is 412 g/mol. The van der Waals surface area contributed by atoms with E-state index in [1.54, 1.807) is 16.7 Å². The fraction of sp³-hybridized carbons (Fsp3) is 0.417. The van der Waals surface area contributed by atoms with E-state index >= 15 is 0 Å². The van der Waals surface area contributed by atoms with Gasteiger partial charge in [-0.25, -0.2) is 0 Å². The first-order valence-corrected chi connectivity index (χ1v) is 11.3. The summed E-state index contributed by atoms with van der Waals surface area (Å²) >= 11 is 1.59. The quantitative estimate of drug-likeness (QED) is 0.626. The molecule has 1 atom stereocenters. The average Bonchev–Trinajstić information content (AvgIpc) is 2.72. The molecule has 0 heterocycles. The number of rotatable bonds is 10. The van der Waals surface area contributed by atoms with Gasteiger partial charge in [-0.2, -0.15) is 0 Å². The van der Waals surface area contributed by atoms with E-state index in [0.717, 1.165) is 17.7 Å². The topological polar surface area (TPSA) is 49.4 Å². The van der Waals surface area contributed by atoms with Crippen LogP contribution in [0.3, 0.4) is 0 Å². The minimum atomic E-state index is -0.504. The highest BCUT2D eigenvalue weighted by atomic mass is 32.2. The summed E-state index contributed by atoms with van der Waals surface area (Å²) in [6, 6.07) is 16.0. The lowest BCUT2D eigenvalue weighted by Crippen LogP contribution is -2.48. The first-order valence-electron chi connectivity index (χ1n) is 10.2. The van der Waals surface area contributed by atoms with Crippen LogP contribution >= 0.6 is 11.8 Å². The Kier molecular flexibility index (Phi) is 9.26. The molecule has 4 nitrogen and oxygen atoms in total. The fourth-order valence-electron chi connectivity index (χ4n) is 2.89. The predicted octanol–water partition coefficient (Wildman–Crippen LogP) is 4.48. The summed E-state index contributed by atoms with van der Waals surface area (Å²) in [5.74, 6) is 1.02. The molecule has 0 radical (unpaired) electrons. The van der Waals surface area contributed by atoms with Gasteiger partial charge in [0.15, 0.2) is 0 Å². The molecule has 0 aliphatic heterocycles. The Balaban J connectivity index is 2.03. The zero-order chi connectivity index (χ0) is 21.2. The number of nitrogens with zero attached hydrogens (tertiary/aromatic N) is 1. The van der Waals surface area contributed by atoms with Crippen LogP contribution in [0.2, 0.25) is 0 Å². The van der Waals surface area contributed by atoms with Crippen molar-refractivity contribution < 1.29 is 9.59 Å². The van der Waals surface area contributed by atoms with Crippen LogP contribution in [0.5, 0.6) is 0 Å². The summed E-state index contributed by atoms with van der Waals surface area (Å²) in [6.07, 6.45) is 0.872. The number of nitrogens with one attached hydrogen (secondary N) is 1. The number of amides is 2. The summed E-state index contributed by atoms with van der Waals surface area (Å²) < 4.78 is 0. The van der Waals surface area contributed by atoms with Crippen LogP contribution in [0.25, 0.3) is 0 Å². The number of hydrogen-bond donors (Lipinski definition) is 1. The first-order chi connectivity index (χ1) is 13.9. The van der Waals surface area contributed by atoms with Crippen LogP contribution < -0.4 is 5.32 Å². The Hall–Kier alpha value is -2.27. The maximum atomic E-state index is 13.0. The summed E-state index contributed by atoms with van der Waals surface area (Å²) in [4.78, 5) is 27.2. The molecular formula is C24H32N2O2S. The Morgan fingerprint density at radius 1 is 0.966 bits per heavy atom. The smallest absolute Gasteiger partial charge is 0.242 e. The predicted molar refractivity (Wildman–Crippen MR) is 122 cm³/mol. The number of carbonyl (C=O) groups excluding carboxylic acids is 2. The Morgan fingerprint density at radius 3 is 2.07 bits per heavy atom. The van der Waals surface area contributed by atoms with E-state index in [-0.39, 0.29) is 11.8 Å². The maximum absolute atomic E-state index is 13.0. The zero-order valence-electron chi connectivity index (χ0n) is 17.9. The molecule has 0 aliphatic rings. The molecular weight excluding hydrogens is 380 g/mol. The van der Waals surface area contributed by atoms with Crippen molar-refractivity contribution in [2.24, 2.45) is 0 Å². The third-order valence-corrected chi connectivity index (χ3v) is 5.79. The molecule has 29 heavy (non-hydrogen) atoms. The molecule has 0 aliphatic carbocycles. The van der Waals surface area contributed by atoms with Gasteiger partial charge in [0.25, 0.3) is 0 Å². The minimum Gasteiger partial charge on any atom is -0.354 e. The third kappa shape index (κ3) is 7.58. The standard InChI is InChI=1S/C24H32N2O2S/c1-5-14-25-24(28)20(4)26(15-21-10-6-18(2)7-11-21)23(27)17-29-16-22-12-8-19(3)9-13-22/h6-13,20H,5,14-17H2,1-4H3,(H,25,28)/t20-/m0/s1. The lowest BCUT2D eigenvalue weighted by atomic mass is 10.1. The maximum Gasteiger partial charge on any atom is 0.242 e. The van der Waals surface area contributed by atoms with Crippen molar-refractivity contribution >= 4 is 23.6 Å². The normalized spacial score (nSPS) is 11.7. The van der Waals surface area contributed by atoms with Gasteiger partial charge in [-0.05, 0) is 38.3 Å². The molecule has 156 valence electrons. The molecule has 2 rings (SSSR count). The van der Waals surface area contributed by atoms with Gasteiger partial charge < -0.3 is 10.2 Å². The van der Waals surface area contributed by atoms with E-state index < -0.39 is 6.04 Å². The average molecular weight is 413 g/mol. The SMILES string of the molecule is CCCNC(=O)[C@H](C)N(Cc1ccc(C)cc1)C(=O)CSCc1ccc(C)cc1. The molecule has 0 unspecified atom stereocenters. The molecule has 0 bridgehead atoms. The van der Waals surface area contributed by atoms with Gasteiger partial charge in [0.1, 0.15) is 6.04 Å². The van der Waals surface area contributed by atoms with Gasteiger partial charge in [0, 0.05) is 18.8 Å². The summed E-state index contributed by atoms with van der Waals surface area (Å²) in [5.41, 5.74) is 4.63. The van der Waals surface area contributed by atoms with Crippen molar-refractivity contribution in [1.82, 2.24) is 10.2 Å². The number of aryl methyl sites for hydroxylation is 2. The number of hydrogen-bond acceptors (Lipinski definition) is 3. The summed E-state index contributed by atoms with van der Waals surface area (Å²) in [6.45, 7) is 8.98. The molecule has 2 aromatic rings. The molecule has 5 heteroatoms. The van der Waals surface area contributed by atoms with Crippen molar-refractivity contribution in [1.29, 1.82) is 0 Å². The zero-order valence-corrected chi connectivity index (χ0v) is 18.7. The van der Waals surface area contributed by atoms with E-state index in [1.807, 2.05) is 45.0 Å². The Bertz CT molecular complexity index is 788. The highest BCUT2D eigenvalue weighted by Crippen LogP contribution is 2.17. The van der Waals surface area contributed by atoms with E-state index in [9.17, 15) is 9.59 Å². The second kappa shape index (κ2) is 11.7. The van der Waals surface area contributed by atoms with Gasteiger partial charge in [-0.3, -0.25) is 9.59 Å². The Morgan fingerprint density at radius 2 is 1.52 bits per heavy atom. The van der Waals surface area contributed by atoms with Crippen molar-refractivity contribution in [3.63, 3.8) is 0 Å². The largest absolute Gasteiger partial charge is 0.354 e. The van der Waals surface area contributed by atoms with E-state index in [2.05, 4.69) is 36.5 Å². The third-order valence-electron chi connectivity index (χ3n) is 4.80. The number of carbonyl (C=O) groups is 2. The fourth-order valence-corrected chi connectivity index (χ4v) is 3.76. The van der Waals surface area contributed by atoms with Crippen LogP contribution in [0.15, 0.2) is 48.5 Å². The van der Waals surface area contributed by atoms with Gasteiger partial charge in [-0.15, -0.1) is 11.8 Å². The molecule has 2 aromatic carbocycles. The first kappa shape index (κ1) is 23.0. The van der Waals surface area contributed by atoms with Crippen LogP contribution in [0.4, 0.5) is 0 Å². The van der Waals surface area contributed by atoms with E-state index in [1.165, 1.54) is 16.7 Å². The lowest BCUT2D eigenvalue weighted by Gasteiger charge is -2.28. The number of benzene rings is 2. The van der Waals surface area contributed by atoms with Crippen molar-refractivity contribution in [3.8, 4) is 0 Å². The van der Waals surface area contributed by atoms with Crippen LogP contribution in [0.1, 0.15) is 42.5 Å². The number of thioether (sulfide) groups is 1. The molecule has 0 saturated carbocycles. The lowest BCUT2D eigenvalue weighted by molar-refractivity contribution is -0.138. The summed E-state index contributed by atoms with van der Waals surface area (Å²) in [7, 11) is 0. The molecule has 0 fully saturated rings. The Labute approximate surface area is 179 Å². The van der Waals surface area contributed by atoms with Crippen LogP contribution in [-0.4, -0.2) is 35.1 Å². The van der Waals surface area contributed by atoms with Gasteiger partial charge in [0.05, 0.1) is 5.75 Å². The molecule has 0 saturated heterocycles. The van der Waals surface area contributed by atoms with Crippen LogP contribution in [-0.2, 0) is 21.9 Å². The van der Waals surface area contributed by atoms with Crippen molar-refractivity contribution in [3.05, 3.63) is 70.8 Å². The molecule has 0 aromatic heterocycles. The van der Waals surface area contributed by atoms with E-state index in [4.69, 9.17) is 0 Å². The van der Waals surface area contributed by atoms with Gasteiger partial charge in [-0.1, -0.05) is 66.6 Å². The molecule has 1 N–H and O–H groups in total. The van der Waals surface area contributed by atoms with Crippen molar-refractivity contribution in [2.45, 2.75) is 52.5 Å². The minimum absolute atomic E-state index is 0.0122. The van der Waals surface area contributed by atoms with Gasteiger partial charge >= 0.3 is 0 Å². The van der Waals surface area contributed by atoms with Gasteiger partial charge in [0.2, 0.25) is 11.8 Å². The second-order valence-corrected chi connectivity index (χ2v) is 8.44. The second-order valence-electron chi connectivity index (χ2n) is 7.45. The molecule has 0 spiro atoms. The van der Waals surface area contributed by atoms with E-state index in [0.29, 0.717) is 18.8 Å². The highest BCUT2D eigenvalue weighted by Gasteiger charge is 2.25. The summed E-state index contributed by atoms with van der Waals surface area (Å²) in [5, 5.41) is 2.91.